The molecule has 3 unspecified atom stereocenters. The van der Waals surface area contributed by atoms with E-state index in [4.69, 9.17) is 0 Å². The van der Waals surface area contributed by atoms with E-state index in [0.717, 1.165) is 30.6 Å². The van der Waals surface area contributed by atoms with Crippen LogP contribution in [-0.4, -0.2) is 5.67 Å². The molecular formula is C11H17F. The van der Waals surface area contributed by atoms with Gasteiger partial charge in [0, 0.05) is 0 Å². The van der Waals surface area contributed by atoms with Crippen LogP contribution in [0.5, 0.6) is 0 Å². The van der Waals surface area contributed by atoms with Crippen LogP contribution in [0.25, 0.3) is 0 Å². The van der Waals surface area contributed by atoms with Crippen molar-refractivity contribution in [2.24, 2.45) is 23.7 Å². The number of alkyl halides is 1. The molecule has 3 atom stereocenters. The van der Waals surface area contributed by atoms with Crippen LogP contribution in [0.4, 0.5) is 4.39 Å². The molecule has 0 aromatic rings. The van der Waals surface area contributed by atoms with Gasteiger partial charge in [0.25, 0.3) is 0 Å². The molecule has 12 heavy (non-hydrogen) atoms. The van der Waals surface area contributed by atoms with Gasteiger partial charge in [-0.05, 0) is 55.8 Å². The molecule has 0 aromatic carbocycles. The van der Waals surface area contributed by atoms with E-state index < -0.39 is 5.67 Å². The summed E-state index contributed by atoms with van der Waals surface area (Å²) in [6.07, 6.45) is 5.80. The van der Waals surface area contributed by atoms with Gasteiger partial charge in [0.15, 0.2) is 0 Å². The summed E-state index contributed by atoms with van der Waals surface area (Å²) in [5.41, 5.74) is -0.741. The number of hydrogen-bond donors (Lipinski definition) is 0. The third kappa shape index (κ3) is 0.777. The molecule has 0 aromatic heterocycles. The molecule has 0 amide bonds. The van der Waals surface area contributed by atoms with Crippen molar-refractivity contribution >= 4 is 0 Å². The second-order valence-corrected chi connectivity index (χ2v) is 5.43. The molecule has 4 bridgehead atoms. The highest BCUT2D eigenvalue weighted by atomic mass is 19.1. The maximum atomic E-state index is 14.3. The first kappa shape index (κ1) is 7.34. The van der Waals surface area contributed by atoms with Crippen LogP contribution < -0.4 is 0 Å². The summed E-state index contributed by atoms with van der Waals surface area (Å²) >= 11 is 0. The lowest BCUT2D eigenvalue weighted by Gasteiger charge is -2.56. The summed E-state index contributed by atoms with van der Waals surface area (Å²) in [4.78, 5) is 0. The highest BCUT2D eigenvalue weighted by molar-refractivity contribution is 5.05. The first-order valence-corrected chi connectivity index (χ1v) is 5.36. The Labute approximate surface area is 73.5 Å². The third-order valence-electron chi connectivity index (χ3n) is 4.72. The Kier molecular flexibility index (Phi) is 1.25. The summed E-state index contributed by atoms with van der Waals surface area (Å²) in [6, 6.07) is 0. The highest BCUT2D eigenvalue weighted by Gasteiger charge is 2.55. The second-order valence-electron chi connectivity index (χ2n) is 5.43. The molecule has 4 aliphatic rings. The fourth-order valence-electron chi connectivity index (χ4n) is 4.20. The lowest BCUT2D eigenvalue weighted by molar-refractivity contribution is -0.118. The fourth-order valence-corrected chi connectivity index (χ4v) is 4.20. The average Bonchev–Trinajstić information content (AvgIpc) is 1.98. The summed E-state index contributed by atoms with van der Waals surface area (Å²) < 4.78 is 14.3. The molecule has 4 rings (SSSR count). The van der Waals surface area contributed by atoms with Gasteiger partial charge in [0.2, 0.25) is 0 Å². The highest BCUT2D eigenvalue weighted by Crippen LogP contribution is 2.59. The lowest BCUT2D eigenvalue weighted by Crippen LogP contribution is -2.53. The predicted molar refractivity (Wildman–Crippen MR) is 46.6 cm³/mol. The first-order valence-electron chi connectivity index (χ1n) is 5.36. The molecule has 4 fully saturated rings. The predicted octanol–water partition coefficient (Wildman–Crippen LogP) is 3.17. The molecule has 0 spiro atoms. The standard InChI is InChI=1S/C11H17F/c1-7-10-3-8-2-9(4-10)6-11(7,12)5-8/h7-10H,2-6H2,1H3. The molecule has 0 saturated heterocycles. The van der Waals surface area contributed by atoms with Crippen LogP contribution in [0.1, 0.15) is 39.0 Å². The minimum Gasteiger partial charge on any atom is -0.244 e. The maximum Gasteiger partial charge on any atom is 0.114 e. The third-order valence-corrected chi connectivity index (χ3v) is 4.72. The van der Waals surface area contributed by atoms with E-state index in [9.17, 15) is 4.39 Å². The maximum absolute atomic E-state index is 14.3. The monoisotopic (exact) mass is 168 g/mol. The molecule has 4 aliphatic carbocycles. The van der Waals surface area contributed by atoms with E-state index in [-0.39, 0.29) is 0 Å². The first-order chi connectivity index (χ1) is 5.67. The van der Waals surface area contributed by atoms with Gasteiger partial charge in [0.05, 0.1) is 0 Å². The van der Waals surface area contributed by atoms with Crippen LogP contribution >= 0.6 is 0 Å². The van der Waals surface area contributed by atoms with Crippen molar-refractivity contribution in [2.75, 3.05) is 0 Å². The normalized spacial score (nSPS) is 62.5. The van der Waals surface area contributed by atoms with Crippen molar-refractivity contribution in [3.63, 3.8) is 0 Å². The molecule has 0 N–H and O–H groups in total. The lowest BCUT2D eigenvalue weighted by atomic mass is 9.51. The van der Waals surface area contributed by atoms with Crippen LogP contribution in [0.2, 0.25) is 0 Å². The molecule has 68 valence electrons. The zero-order chi connectivity index (χ0) is 8.34. The van der Waals surface area contributed by atoms with Crippen molar-refractivity contribution in [2.45, 2.75) is 44.7 Å². The Morgan fingerprint density at radius 3 is 2.17 bits per heavy atom. The van der Waals surface area contributed by atoms with Crippen molar-refractivity contribution < 1.29 is 4.39 Å². The SMILES string of the molecule is CC1C2CC3CC(C2)CC1(F)C3. The van der Waals surface area contributed by atoms with Crippen LogP contribution in [0.3, 0.4) is 0 Å². The molecular weight excluding hydrogens is 151 g/mol. The van der Waals surface area contributed by atoms with E-state index in [1.807, 2.05) is 0 Å². The fraction of sp³-hybridized carbons (Fsp3) is 1.00. The molecule has 1 heteroatoms. The van der Waals surface area contributed by atoms with E-state index in [1.54, 1.807) is 0 Å². The van der Waals surface area contributed by atoms with Crippen LogP contribution in [-0.2, 0) is 0 Å². The van der Waals surface area contributed by atoms with Crippen molar-refractivity contribution in [1.29, 1.82) is 0 Å². The number of rotatable bonds is 0. The van der Waals surface area contributed by atoms with Gasteiger partial charge in [-0.3, -0.25) is 0 Å². The van der Waals surface area contributed by atoms with Gasteiger partial charge < -0.3 is 0 Å². The van der Waals surface area contributed by atoms with Crippen molar-refractivity contribution in [3.05, 3.63) is 0 Å². The molecule has 0 aliphatic heterocycles. The van der Waals surface area contributed by atoms with Crippen molar-refractivity contribution in [1.82, 2.24) is 0 Å². The van der Waals surface area contributed by atoms with E-state index >= 15 is 0 Å². The Hall–Kier alpha value is -0.0700. The molecule has 0 nitrogen and oxygen atoms in total. The minimum atomic E-state index is -0.741. The smallest absolute Gasteiger partial charge is 0.114 e. The van der Waals surface area contributed by atoms with Gasteiger partial charge >= 0.3 is 0 Å². The van der Waals surface area contributed by atoms with Gasteiger partial charge in [-0.25, -0.2) is 4.39 Å². The summed E-state index contributed by atoms with van der Waals surface area (Å²) in [5.74, 6) is 2.61. The second kappa shape index (κ2) is 2.05. The molecule has 0 radical (unpaired) electrons. The Morgan fingerprint density at radius 1 is 1.08 bits per heavy atom. The van der Waals surface area contributed by atoms with Gasteiger partial charge in [0.1, 0.15) is 5.67 Å². The largest absolute Gasteiger partial charge is 0.244 e. The zero-order valence-electron chi connectivity index (χ0n) is 7.72. The molecule has 0 heterocycles. The van der Waals surface area contributed by atoms with Gasteiger partial charge in [-0.15, -0.1) is 0 Å². The van der Waals surface area contributed by atoms with Crippen LogP contribution in [0, 0.1) is 23.7 Å². The van der Waals surface area contributed by atoms with E-state index in [2.05, 4.69) is 6.92 Å². The van der Waals surface area contributed by atoms with E-state index in [1.165, 1.54) is 19.3 Å². The Balaban J connectivity index is 1.97. The van der Waals surface area contributed by atoms with Gasteiger partial charge in [-0.1, -0.05) is 6.92 Å². The summed E-state index contributed by atoms with van der Waals surface area (Å²) in [5, 5.41) is 0. The van der Waals surface area contributed by atoms with Crippen molar-refractivity contribution in [3.8, 4) is 0 Å². The Bertz CT molecular complexity index is 197. The quantitative estimate of drug-likeness (QED) is 0.521. The zero-order valence-corrected chi connectivity index (χ0v) is 7.72. The molecule has 4 saturated carbocycles. The topological polar surface area (TPSA) is 0 Å². The van der Waals surface area contributed by atoms with E-state index in [0.29, 0.717) is 5.92 Å². The van der Waals surface area contributed by atoms with Crippen LogP contribution in [0.15, 0.2) is 0 Å². The number of hydrogen-bond acceptors (Lipinski definition) is 0. The minimum absolute atomic E-state index is 0.366. The Morgan fingerprint density at radius 2 is 1.67 bits per heavy atom. The summed E-state index contributed by atoms with van der Waals surface area (Å²) in [7, 11) is 0. The van der Waals surface area contributed by atoms with Gasteiger partial charge in [-0.2, -0.15) is 0 Å². The number of halogens is 1. The summed E-state index contributed by atoms with van der Waals surface area (Å²) in [6.45, 7) is 2.14. The average molecular weight is 168 g/mol.